The van der Waals surface area contributed by atoms with Crippen molar-refractivity contribution in [1.29, 1.82) is 0 Å². The monoisotopic (exact) mass is 300 g/mol. The first-order valence-corrected chi connectivity index (χ1v) is 6.28. The quantitative estimate of drug-likeness (QED) is 0.930. The van der Waals surface area contributed by atoms with E-state index in [4.69, 9.17) is 17.3 Å². The number of halogens is 4. The first-order valence-electron chi connectivity index (χ1n) is 5.90. The fraction of sp³-hybridized carbons (Fsp3) is 0.214. The van der Waals surface area contributed by atoms with Crippen molar-refractivity contribution >= 4 is 11.6 Å². The smallest absolute Gasteiger partial charge is 0.322 e. The lowest BCUT2D eigenvalue weighted by molar-refractivity contribution is -0.137. The molecule has 1 unspecified atom stereocenters. The molecule has 0 saturated heterocycles. The molecule has 106 valence electrons. The molecule has 0 aliphatic rings. The Labute approximate surface area is 119 Å². The minimum absolute atomic E-state index is 0.0664. The average molecular weight is 301 g/mol. The lowest BCUT2D eigenvalue weighted by Crippen LogP contribution is -2.16. The molecule has 0 bridgehead atoms. The maximum Gasteiger partial charge on any atom is 0.417 e. The van der Waals surface area contributed by atoms with E-state index >= 15 is 0 Å². The molecule has 0 fully saturated rings. The Morgan fingerprint density at radius 2 is 1.85 bits per heavy atom. The summed E-state index contributed by atoms with van der Waals surface area (Å²) in [7, 11) is 0. The molecule has 2 N–H and O–H groups in total. The van der Waals surface area contributed by atoms with Crippen LogP contribution in [0.2, 0.25) is 5.02 Å². The van der Waals surface area contributed by atoms with Gasteiger partial charge in [-0.3, -0.25) is 4.98 Å². The molecule has 6 heteroatoms. The molecule has 0 aliphatic carbocycles. The Morgan fingerprint density at radius 3 is 2.40 bits per heavy atom. The molecule has 1 aromatic heterocycles. The van der Waals surface area contributed by atoms with E-state index in [1.807, 2.05) is 30.3 Å². The highest BCUT2D eigenvalue weighted by molar-refractivity contribution is 6.31. The van der Waals surface area contributed by atoms with Gasteiger partial charge < -0.3 is 5.73 Å². The van der Waals surface area contributed by atoms with Crippen molar-refractivity contribution in [3.05, 3.63) is 64.4 Å². The minimum atomic E-state index is -4.46. The first-order chi connectivity index (χ1) is 9.38. The van der Waals surface area contributed by atoms with Gasteiger partial charge in [-0.1, -0.05) is 41.9 Å². The molecule has 0 spiro atoms. The molecule has 0 amide bonds. The van der Waals surface area contributed by atoms with E-state index in [1.165, 1.54) is 0 Å². The molecule has 0 radical (unpaired) electrons. The van der Waals surface area contributed by atoms with Crippen LogP contribution in [0.15, 0.2) is 42.6 Å². The van der Waals surface area contributed by atoms with E-state index in [1.54, 1.807) is 0 Å². The number of nitrogens with zero attached hydrogens (tertiary/aromatic N) is 1. The van der Waals surface area contributed by atoms with Crippen molar-refractivity contribution in [3.8, 4) is 0 Å². The molecule has 2 rings (SSSR count). The van der Waals surface area contributed by atoms with Crippen LogP contribution >= 0.6 is 11.6 Å². The summed E-state index contributed by atoms with van der Waals surface area (Å²) in [5.74, 6) is 0. The van der Waals surface area contributed by atoms with Gasteiger partial charge in [0.15, 0.2) is 0 Å². The van der Waals surface area contributed by atoms with Crippen molar-refractivity contribution in [2.75, 3.05) is 0 Å². The maximum absolute atomic E-state index is 12.5. The van der Waals surface area contributed by atoms with Crippen LogP contribution in [0.1, 0.15) is 22.9 Å². The van der Waals surface area contributed by atoms with Crippen molar-refractivity contribution in [2.45, 2.75) is 18.6 Å². The number of pyridine rings is 1. The Bertz CT molecular complexity index is 585. The van der Waals surface area contributed by atoms with E-state index < -0.39 is 17.8 Å². The zero-order valence-electron chi connectivity index (χ0n) is 10.4. The fourth-order valence-electron chi connectivity index (χ4n) is 1.84. The molecular weight excluding hydrogens is 289 g/mol. The summed E-state index contributed by atoms with van der Waals surface area (Å²) in [6, 6.07) is 9.68. The molecule has 1 atom stereocenters. The van der Waals surface area contributed by atoms with Crippen LogP contribution in [0.3, 0.4) is 0 Å². The normalized spacial score (nSPS) is 13.2. The highest BCUT2D eigenvalue weighted by Crippen LogP contribution is 2.32. The number of hydrogen-bond donors (Lipinski definition) is 1. The maximum atomic E-state index is 12.5. The van der Waals surface area contributed by atoms with Gasteiger partial charge in [-0.15, -0.1) is 0 Å². The highest BCUT2D eigenvalue weighted by Gasteiger charge is 2.32. The molecule has 2 nitrogen and oxygen atoms in total. The van der Waals surface area contributed by atoms with Crippen LogP contribution in [-0.2, 0) is 12.6 Å². The zero-order valence-corrected chi connectivity index (χ0v) is 11.1. The largest absolute Gasteiger partial charge is 0.417 e. The van der Waals surface area contributed by atoms with Gasteiger partial charge in [0, 0.05) is 6.20 Å². The van der Waals surface area contributed by atoms with Gasteiger partial charge in [0.2, 0.25) is 0 Å². The molecule has 1 heterocycles. The van der Waals surface area contributed by atoms with Gasteiger partial charge in [-0.2, -0.15) is 13.2 Å². The lowest BCUT2D eigenvalue weighted by Gasteiger charge is -2.14. The third-order valence-corrected chi connectivity index (χ3v) is 3.15. The van der Waals surface area contributed by atoms with Gasteiger partial charge in [-0.25, -0.2) is 0 Å². The van der Waals surface area contributed by atoms with Gasteiger partial charge >= 0.3 is 6.18 Å². The van der Waals surface area contributed by atoms with E-state index in [0.29, 0.717) is 6.42 Å². The molecular formula is C14H12ClF3N2. The third-order valence-electron chi connectivity index (χ3n) is 2.85. The van der Waals surface area contributed by atoms with Gasteiger partial charge in [-0.05, 0) is 18.1 Å². The number of aromatic nitrogens is 1. The number of benzene rings is 1. The Kier molecular flexibility index (Phi) is 4.30. The van der Waals surface area contributed by atoms with E-state index in [9.17, 15) is 13.2 Å². The second-order valence-corrected chi connectivity index (χ2v) is 4.79. The molecule has 0 saturated carbocycles. The predicted octanol–water partition coefficient (Wildman–Crippen LogP) is 4.00. The summed E-state index contributed by atoms with van der Waals surface area (Å²) in [6.07, 6.45) is -3.25. The van der Waals surface area contributed by atoms with Crippen LogP contribution < -0.4 is 5.73 Å². The number of hydrogen-bond acceptors (Lipinski definition) is 2. The van der Waals surface area contributed by atoms with E-state index in [2.05, 4.69) is 4.98 Å². The van der Waals surface area contributed by atoms with Crippen molar-refractivity contribution < 1.29 is 13.2 Å². The summed E-state index contributed by atoms with van der Waals surface area (Å²) >= 11 is 5.85. The second kappa shape index (κ2) is 5.81. The Hall–Kier alpha value is -1.59. The number of nitrogens with two attached hydrogens (primary N) is 1. The average Bonchev–Trinajstić information content (AvgIpc) is 2.38. The Morgan fingerprint density at radius 1 is 1.20 bits per heavy atom. The zero-order chi connectivity index (χ0) is 14.8. The standard InChI is InChI=1S/C14H12ClF3N2/c15-11-7-10(14(16,17)18)8-20-13(11)12(19)6-9-4-2-1-3-5-9/h1-5,7-8,12H,6,19H2. The lowest BCUT2D eigenvalue weighted by atomic mass is 10.0. The minimum Gasteiger partial charge on any atom is -0.322 e. The van der Waals surface area contributed by atoms with Crippen LogP contribution in [0.4, 0.5) is 13.2 Å². The van der Waals surface area contributed by atoms with Crippen LogP contribution in [0.5, 0.6) is 0 Å². The van der Waals surface area contributed by atoms with Crippen molar-refractivity contribution in [1.82, 2.24) is 4.98 Å². The van der Waals surface area contributed by atoms with Gasteiger partial charge in [0.1, 0.15) is 0 Å². The second-order valence-electron chi connectivity index (χ2n) is 4.39. The van der Waals surface area contributed by atoms with Crippen LogP contribution in [0.25, 0.3) is 0 Å². The Balaban J connectivity index is 2.21. The van der Waals surface area contributed by atoms with E-state index in [0.717, 1.165) is 17.8 Å². The summed E-state index contributed by atoms with van der Waals surface area (Å²) in [5.41, 5.74) is 6.32. The van der Waals surface area contributed by atoms with Gasteiger partial charge in [0.25, 0.3) is 0 Å². The molecule has 1 aromatic carbocycles. The SMILES string of the molecule is NC(Cc1ccccc1)c1ncc(C(F)(F)F)cc1Cl. The summed E-state index contributed by atoms with van der Waals surface area (Å²) in [5, 5.41) is -0.0664. The van der Waals surface area contributed by atoms with Crippen molar-refractivity contribution in [3.63, 3.8) is 0 Å². The first kappa shape index (κ1) is 14.8. The third kappa shape index (κ3) is 3.49. The molecule has 20 heavy (non-hydrogen) atoms. The summed E-state index contributed by atoms with van der Waals surface area (Å²) < 4.78 is 37.6. The van der Waals surface area contributed by atoms with Crippen LogP contribution in [0, 0.1) is 0 Å². The van der Waals surface area contributed by atoms with Crippen molar-refractivity contribution in [2.24, 2.45) is 5.73 Å². The summed E-state index contributed by atoms with van der Waals surface area (Å²) in [6.45, 7) is 0. The molecule has 2 aromatic rings. The van der Waals surface area contributed by atoms with Gasteiger partial charge in [0.05, 0.1) is 22.3 Å². The fourth-order valence-corrected chi connectivity index (χ4v) is 2.15. The topological polar surface area (TPSA) is 38.9 Å². The predicted molar refractivity (Wildman–Crippen MR) is 71.3 cm³/mol. The number of alkyl halides is 3. The summed E-state index contributed by atoms with van der Waals surface area (Å²) in [4.78, 5) is 3.76. The molecule has 0 aliphatic heterocycles. The van der Waals surface area contributed by atoms with E-state index in [-0.39, 0.29) is 10.7 Å². The highest BCUT2D eigenvalue weighted by atomic mass is 35.5. The number of rotatable bonds is 3. The van der Waals surface area contributed by atoms with Crippen LogP contribution in [-0.4, -0.2) is 4.98 Å².